The molecule has 0 bridgehead atoms. The molecular weight excluding hydrogens is 274 g/mol. The molecule has 1 N–H and O–H groups in total. The first kappa shape index (κ1) is 17.0. The third-order valence-electron chi connectivity index (χ3n) is 3.37. The SMILES string of the molecule is CCNC(CC)CCCS(=O)(=O)c1ccc(OC)cc1. The summed E-state index contributed by atoms with van der Waals surface area (Å²) in [6.45, 7) is 5.10. The van der Waals surface area contributed by atoms with Gasteiger partial charge in [-0.3, -0.25) is 0 Å². The zero-order valence-electron chi connectivity index (χ0n) is 12.6. The zero-order chi connectivity index (χ0) is 15.0. The lowest BCUT2D eigenvalue weighted by molar-refractivity contribution is 0.414. The molecule has 1 unspecified atom stereocenters. The average Bonchev–Trinajstić information content (AvgIpc) is 2.46. The number of nitrogens with one attached hydrogen (secondary N) is 1. The first-order valence-corrected chi connectivity index (χ1v) is 8.79. The summed E-state index contributed by atoms with van der Waals surface area (Å²) in [7, 11) is -1.62. The molecule has 0 spiro atoms. The molecule has 1 atom stereocenters. The molecule has 0 amide bonds. The number of hydrogen-bond donors (Lipinski definition) is 1. The molecule has 1 aromatic rings. The summed E-state index contributed by atoms with van der Waals surface area (Å²) in [4.78, 5) is 0.370. The van der Waals surface area contributed by atoms with E-state index in [9.17, 15) is 8.42 Å². The maximum Gasteiger partial charge on any atom is 0.178 e. The standard InChI is InChI=1S/C15H25NO3S/c1-4-13(16-5-2)7-6-12-20(17,18)15-10-8-14(19-3)9-11-15/h8-11,13,16H,4-7,12H2,1-3H3. The summed E-state index contributed by atoms with van der Waals surface area (Å²) in [5.41, 5.74) is 0. The molecule has 0 saturated heterocycles. The van der Waals surface area contributed by atoms with Gasteiger partial charge in [0.05, 0.1) is 17.8 Å². The third-order valence-corrected chi connectivity index (χ3v) is 5.19. The van der Waals surface area contributed by atoms with Gasteiger partial charge in [0.25, 0.3) is 0 Å². The first-order valence-electron chi connectivity index (χ1n) is 7.13. The van der Waals surface area contributed by atoms with Gasteiger partial charge in [0.2, 0.25) is 0 Å². The number of methoxy groups -OCH3 is 1. The quantitative estimate of drug-likeness (QED) is 0.761. The van der Waals surface area contributed by atoms with Gasteiger partial charge < -0.3 is 10.1 Å². The molecule has 0 aliphatic carbocycles. The Morgan fingerprint density at radius 3 is 2.35 bits per heavy atom. The molecule has 1 rings (SSSR count). The van der Waals surface area contributed by atoms with E-state index in [2.05, 4.69) is 19.2 Å². The van der Waals surface area contributed by atoms with Crippen molar-refractivity contribution in [2.24, 2.45) is 0 Å². The lowest BCUT2D eigenvalue weighted by Gasteiger charge is -2.15. The van der Waals surface area contributed by atoms with Crippen LogP contribution >= 0.6 is 0 Å². The maximum absolute atomic E-state index is 12.2. The number of rotatable bonds is 9. The minimum absolute atomic E-state index is 0.196. The monoisotopic (exact) mass is 299 g/mol. The molecule has 0 aromatic heterocycles. The Bertz CT molecular complexity index is 482. The Hall–Kier alpha value is -1.07. The molecule has 4 nitrogen and oxygen atoms in total. The molecule has 20 heavy (non-hydrogen) atoms. The van der Waals surface area contributed by atoms with Crippen LogP contribution in [0.3, 0.4) is 0 Å². The summed E-state index contributed by atoms with van der Waals surface area (Å²) in [5, 5.41) is 3.36. The predicted molar refractivity (Wildman–Crippen MR) is 82.0 cm³/mol. The van der Waals surface area contributed by atoms with Crippen molar-refractivity contribution in [1.29, 1.82) is 0 Å². The summed E-state index contributed by atoms with van der Waals surface area (Å²) in [6, 6.07) is 6.98. The fourth-order valence-electron chi connectivity index (χ4n) is 2.16. The second-order valence-electron chi connectivity index (χ2n) is 4.80. The van der Waals surface area contributed by atoms with Crippen LogP contribution in [0.25, 0.3) is 0 Å². The van der Waals surface area contributed by atoms with Crippen molar-refractivity contribution in [2.45, 2.75) is 44.0 Å². The summed E-state index contributed by atoms with van der Waals surface area (Å²) in [5.74, 6) is 0.864. The van der Waals surface area contributed by atoms with E-state index in [-0.39, 0.29) is 5.75 Å². The molecule has 114 valence electrons. The lowest BCUT2D eigenvalue weighted by atomic mass is 10.1. The highest BCUT2D eigenvalue weighted by Gasteiger charge is 2.15. The highest BCUT2D eigenvalue weighted by Crippen LogP contribution is 2.18. The summed E-state index contributed by atoms with van der Waals surface area (Å²) in [6.07, 6.45) is 2.59. The number of ether oxygens (including phenoxy) is 1. The van der Waals surface area contributed by atoms with Gasteiger partial charge in [-0.05, 0) is 50.1 Å². The van der Waals surface area contributed by atoms with E-state index in [0.717, 1.165) is 19.4 Å². The Labute approximate surface area is 122 Å². The van der Waals surface area contributed by atoms with Crippen molar-refractivity contribution < 1.29 is 13.2 Å². The number of benzene rings is 1. The molecule has 0 aliphatic rings. The van der Waals surface area contributed by atoms with E-state index < -0.39 is 9.84 Å². The molecule has 0 fully saturated rings. The Kier molecular flexibility index (Phi) is 7.02. The normalized spacial score (nSPS) is 13.2. The van der Waals surface area contributed by atoms with E-state index in [1.165, 1.54) is 0 Å². The van der Waals surface area contributed by atoms with Crippen molar-refractivity contribution in [2.75, 3.05) is 19.4 Å². The Morgan fingerprint density at radius 2 is 1.85 bits per heavy atom. The van der Waals surface area contributed by atoms with E-state index in [1.807, 2.05) is 0 Å². The minimum Gasteiger partial charge on any atom is -0.497 e. The van der Waals surface area contributed by atoms with Crippen molar-refractivity contribution >= 4 is 9.84 Å². The molecule has 5 heteroatoms. The van der Waals surface area contributed by atoms with Gasteiger partial charge in [0, 0.05) is 6.04 Å². The largest absolute Gasteiger partial charge is 0.497 e. The van der Waals surface area contributed by atoms with E-state index in [1.54, 1.807) is 31.4 Å². The van der Waals surface area contributed by atoms with Crippen LogP contribution in [0.5, 0.6) is 5.75 Å². The number of sulfone groups is 1. The van der Waals surface area contributed by atoms with Crippen LogP contribution in [0.4, 0.5) is 0 Å². The third kappa shape index (κ3) is 5.13. The topological polar surface area (TPSA) is 55.4 Å². The summed E-state index contributed by atoms with van der Waals surface area (Å²) >= 11 is 0. The molecular formula is C15H25NO3S. The predicted octanol–water partition coefficient (Wildman–Crippen LogP) is 2.64. The van der Waals surface area contributed by atoms with Crippen LogP contribution in [0, 0.1) is 0 Å². The van der Waals surface area contributed by atoms with Crippen molar-refractivity contribution in [3.05, 3.63) is 24.3 Å². The highest BCUT2D eigenvalue weighted by atomic mass is 32.2. The van der Waals surface area contributed by atoms with E-state index >= 15 is 0 Å². The van der Waals surface area contributed by atoms with Crippen molar-refractivity contribution in [3.63, 3.8) is 0 Å². The molecule has 0 heterocycles. The van der Waals surface area contributed by atoms with E-state index in [4.69, 9.17) is 4.74 Å². The van der Waals surface area contributed by atoms with Crippen LogP contribution < -0.4 is 10.1 Å². The lowest BCUT2D eigenvalue weighted by Crippen LogP contribution is -2.28. The second kappa shape index (κ2) is 8.27. The smallest absolute Gasteiger partial charge is 0.178 e. The van der Waals surface area contributed by atoms with Crippen LogP contribution in [-0.4, -0.2) is 33.9 Å². The van der Waals surface area contributed by atoms with Gasteiger partial charge >= 0.3 is 0 Å². The van der Waals surface area contributed by atoms with Gasteiger partial charge in [-0.2, -0.15) is 0 Å². The number of hydrogen-bond acceptors (Lipinski definition) is 4. The van der Waals surface area contributed by atoms with Crippen LogP contribution in [-0.2, 0) is 9.84 Å². The van der Waals surface area contributed by atoms with Gasteiger partial charge in [-0.1, -0.05) is 13.8 Å². The molecule has 0 aliphatic heterocycles. The minimum atomic E-state index is -3.19. The molecule has 1 aromatic carbocycles. The van der Waals surface area contributed by atoms with Gasteiger partial charge in [0.15, 0.2) is 9.84 Å². The highest BCUT2D eigenvalue weighted by molar-refractivity contribution is 7.91. The van der Waals surface area contributed by atoms with Gasteiger partial charge in [0.1, 0.15) is 5.75 Å². The van der Waals surface area contributed by atoms with Crippen molar-refractivity contribution in [3.8, 4) is 5.75 Å². The van der Waals surface area contributed by atoms with Crippen molar-refractivity contribution in [1.82, 2.24) is 5.32 Å². The maximum atomic E-state index is 12.2. The molecule has 0 radical (unpaired) electrons. The van der Waals surface area contributed by atoms with Crippen LogP contribution in [0.2, 0.25) is 0 Å². The second-order valence-corrected chi connectivity index (χ2v) is 6.91. The van der Waals surface area contributed by atoms with Crippen LogP contribution in [0.15, 0.2) is 29.2 Å². The van der Waals surface area contributed by atoms with E-state index in [0.29, 0.717) is 23.1 Å². The van der Waals surface area contributed by atoms with Gasteiger partial charge in [-0.15, -0.1) is 0 Å². The average molecular weight is 299 g/mol. The zero-order valence-corrected chi connectivity index (χ0v) is 13.4. The Morgan fingerprint density at radius 1 is 1.20 bits per heavy atom. The first-order chi connectivity index (χ1) is 9.53. The van der Waals surface area contributed by atoms with Crippen LogP contribution in [0.1, 0.15) is 33.1 Å². The van der Waals surface area contributed by atoms with Gasteiger partial charge in [-0.25, -0.2) is 8.42 Å². The fourth-order valence-corrected chi connectivity index (χ4v) is 3.49. The molecule has 0 saturated carbocycles. The fraction of sp³-hybridized carbons (Fsp3) is 0.600. The Balaban J connectivity index is 2.56. The summed E-state index contributed by atoms with van der Waals surface area (Å²) < 4.78 is 29.4.